The second-order valence-corrected chi connectivity index (χ2v) is 4.77. The Hall–Kier alpha value is -1.79. The number of carbonyl (C=O) groups is 1. The molecule has 0 aliphatic carbocycles. The lowest BCUT2D eigenvalue weighted by molar-refractivity contribution is -0.183. The van der Waals surface area contributed by atoms with Gasteiger partial charge >= 0.3 is 6.18 Å². The summed E-state index contributed by atoms with van der Waals surface area (Å²) in [6, 6.07) is 2.95. The van der Waals surface area contributed by atoms with Crippen molar-refractivity contribution < 1.29 is 27.5 Å². The lowest BCUT2D eigenvalue weighted by atomic mass is 9.96. The number of rotatable bonds is 1. The molecule has 1 amide bonds. The molecule has 1 heterocycles. The van der Waals surface area contributed by atoms with Crippen molar-refractivity contribution in [3.8, 4) is 5.75 Å². The van der Waals surface area contributed by atoms with Crippen LogP contribution in [-0.2, 0) is 0 Å². The van der Waals surface area contributed by atoms with E-state index in [1.165, 1.54) is 4.90 Å². The highest BCUT2D eigenvalue weighted by atomic mass is 19.4. The molecule has 0 atom stereocenters. The van der Waals surface area contributed by atoms with Crippen molar-refractivity contribution in [3.63, 3.8) is 0 Å². The number of phenols is 1. The fourth-order valence-electron chi connectivity index (χ4n) is 2.27. The SMILES string of the molecule is O=C(c1ccc(F)cc1O)N1CCC(C(F)(F)F)CC1. The standard InChI is InChI=1S/C13H13F4NO2/c14-9-1-2-10(11(19)7-9)12(20)18-5-3-8(4-6-18)13(15,16)17/h1-2,7-8,19H,3-6H2. The number of likely N-dealkylation sites (tertiary alicyclic amines) is 1. The molecule has 2 rings (SSSR count). The van der Waals surface area contributed by atoms with Crippen molar-refractivity contribution in [2.45, 2.75) is 19.0 Å². The van der Waals surface area contributed by atoms with Crippen LogP contribution in [0, 0.1) is 11.7 Å². The maximum atomic E-state index is 12.8. The van der Waals surface area contributed by atoms with E-state index in [2.05, 4.69) is 0 Å². The van der Waals surface area contributed by atoms with E-state index < -0.39 is 29.6 Å². The van der Waals surface area contributed by atoms with Crippen LogP contribution in [0.4, 0.5) is 17.6 Å². The van der Waals surface area contributed by atoms with Crippen molar-refractivity contribution in [3.05, 3.63) is 29.6 Å². The van der Waals surface area contributed by atoms with Gasteiger partial charge in [-0.1, -0.05) is 0 Å². The summed E-state index contributed by atoms with van der Waals surface area (Å²) >= 11 is 0. The van der Waals surface area contributed by atoms with E-state index in [0.29, 0.717) is 0 Å². The summed E-state index contributed by atoms with van der Waals surface area (Å²) in [5.74, 6) is -3.17. The zero-order valence-corrected chi connectivity index (χ0v) is 10.5. The normalized spacial score (nSPS) is 17.3. The number of hydrogen-bond donors (Lipinski definition) is 1. The minimum atomic E-state index is -4.24. The van der Waals surface area contributed by atoms with E-state index in [4.69, 9.17) is 0 Å². The molecule has 1 N–H and O–H groups in total. The number of piperidine rings is 1. The lowest BCUT2D eigenvalue weighted by Gasteiger charge is -2.33. The Labute approximate surface area is 112 Å². The average molecular weight is 291 g/mol. The Kier molecular flexibility index (Phi) is 3.87. The molecule has 3 nitrogen and oxygen atoms in total. The van der Waals surface area contributed by atoms with E-state index in [-0.39, 0.29) is 31.5 Å². The molecular formula is C13H13F4NO2. The summed E-state index contributed by atoms with van der Waals surface area (Å²) < 4.78 is 50.4. The summed E-state index contributed by atoms with van der Waals surface area (Å²) in [4.78, 5) is 13.3. The highest BCUT2D eigenvalue weighted by Gasteiger charge is 2.41. The molecule has 0 radical (unpaired) electrons. The van der Waals surface area contributed by atoms with Gasteiger partial charge in [-0.25, -0.2) is 4.39 Å². The number of amides is 1. The van der Waals surface area contributed by atoms with Gasteiger partial charge in [-0.2, -0.15) is 13.2 Å². The van der Waals surface area contributed by atoms with Gasteiger partial charge in [0.15, 0.2) is 0 Å². The summed E-state index contributed by atoms with van der Waals surface area (Å²) in [6.45, 7) is -0.0559. The molecular weight excluding hydrogens is 278 g/mol. The van der Waals surface area contributed by atoms with Gasteiger partial charge in [0, 0.05) is 19.2 Å². The van der Waals surface area contributed by atoms with Gasteiger partial charge in [-0.3, -0.25) is 4.79 Å². The first kappa shape index (κ1) is 14.6. The Bertz CT molecular complexity index is 508. The highest BCUT2D eigenvalue weighted by Crippen LogP contribution is 2.34. The van der Waals surface area contributed by atoms with Gasteiger partial charge < -0.3 is 10.0 Å². The lowest BCUT2D eigenvalue weighted by Crippen LogP contribution is -2.42. The monoisotopic (exact) mass is 291 g/mol. The first-order valence-corrected chi connectivity index (χ1v) is 6.13. The van der Waals surface area contributed by atoms with E-state index in [9.17, 15) is 27.5 Å². The number of aromatic hydroxyl groups is 1. The molecule has 1 aliphatic heterocycles. The topological polar surface area (TPSA) is 40.5 Å². The zero-order chi connectivity index (χ0) is 14.9. The summed E-state index contributed by atoms with van der Waals surface area (Å²) in [6.07, 6.45) is -4.55. The largest absolute Gasteiger partial charge is 0.507 e. The molecule has 1 fully saturated rings. The highest BCUT2D eigenvalue weighted by molar-refractivity contribution is 5.96. The van der Waals surface area contributed by atoms with Crippen LogP contribution < -0.4 is 0 Å². The van der Waals surface area contributed by atoms with Crippen LogP contribution in [0.1, 0.15) is 23.2 Å². The number of halogens is 4. The summed E-state index contributed by atoms with van der Waals surface area (Å²) in [5, 5.41) is 9.51. The van der Waals surface area contributed by atoms with Crippen molar-refractivity contribution >= 4 is 5.91 Å². The molecule has 0 unspecified atom stereocenters. The molecule has 1 saturated heterocycles. The Morgan fingerprint density at radius 3 is 2.35 bits per heavy atom. The molecule has 20 heavy (non-hydrogen) atoms. The molecule has 7 heteroatoms. The summed E-state index contributed by atoms with van der Waals surface area (Å²) in [7, 11) is 0. The smallest absolute Gasteiger partial charge is 0.391 e. The maximum Gasteiger partial charge on any atom is 0.391 e. The molecule has 1 aliphatic rings. The van der Waals surface area contributed by atoms with Crippen LogP contribution in [0.5, 0.6) is 5.75 Å². The molecule has 1 aromatic carbocycles. The molecule has 0 aromatic heterocycles. The molecule has 110 valence electrons. The molecule has 0 spiro atoms. The number of alkyl halides is 3. The van der Waals surface area contributed by atoms with Gasteiger partial charge in [-0.05, 0) is 25.0 Å². The average Bonchev–Trinajstić information content (AvgIpc) is 2.37. The van der Waals surface area contributed by atoms with Gasteiger partial charge in [0.1, 0.15) is 11.6 Å². The van der Waals surface area contributed by atoms with Crippen LogP contribution in [0.15, 0.2) is 18.2 Å². The summed E-state index contributed by atoms with van der Waals surface area (Å²) in [5.41, 5.74) is -0.100. The third-order valence-electron chi connectivity index (χ3n) is 3.44. The van der Waals surface area contributed by atoms with Crippen LogP contribution in [-0.4, -0.2) is 35.2 Å². The third-order valence-corrected chi connectivity index (χ3v) is 3.44. The minimum Gasteiger partial charge on any atom is -0.507 e. The van der Waals surface area contributed by atoms with E-state index in [1.54, 1.807) is 0 Å². The van der Waals surface area contributed by atoms with Crippen molar-refractivity contribution in [2.24, 2.45) is 5.92 Å². The van der Waals surface area contributed by atoms with E-state index in [1.807, 2.05) is 0 Å². The Balaban J connectivity index is 2.05. The van der Waals surface area contributed by atoms with Gasteiger partial charge in [0.2, 0.25) is 0 Å². The van der Waals surface area contributed by atoms with Crippen molar-refractivity contribution in [2.75, 3.05) is 13.1 Å². The maximum absolute atomic E-state index is 12.8. The number of hydrogen-bond acceptors (Lipinski definition) is 2. The predicted octanol–water partition coefficient (Wildman–Crippen LogP) is 2.95. The van der Waals surface area contributed by atoms with Gasteiger partial charge in [-0.15, -0.1) is 0 Å². The first-order chi connectivity index (χ1) is 9.29. The fraction of sp³-hybridized carbons (Fsp3) is 0.462. The van der Waals surface area contributed by atoms with Gasteiger partial charge in [0.25, 0.3) is 5.91 Å². The number of benzene rings is 1. The second-order valence-electron chi connectivity index (χ2n) is 4.77. The number of carbonyl (C=O) groups excluding carboxylic acids is 1. The van der Waals surface area contributed by atoms with Gasteiger partial charge in [0.05, 0.1) is 11.5 Å². The fourth-order valence-corrected chi connectivity index (χ4v) is 2.27. The van der Waals surface area contributed by atoms with Crippen molar-refractivity contribution in [1.82, 2.24) is 4.90 Å². The first-order valence-electron chi connectivity index (χ1n) is 6.13. The number of phenolic OH excluding ortho intramolecular Hbond substituents is 1. The van der Waals surface area contributed by atoms with Crippen molar-refractivity contribution in [1.29, 1.82) is 0 Å². The second kappa shape index (κ2) is 5.30. The minimum absolute atomic E-state index is 0.0279. The quantitative estimate of drug-likeness (QED) is 0.808. The predicted molar refractivity (Wildman–Crippen MR) is 62.7 cm³/mol. The van der Waals surface area contributed by atoms with Crippen LogP contribution in [0.3, 0.4) is 0 Å². The Morgan fingerprint density at radius 2 is 1.85 bits per heavy atom. The van der Waals surface area contributed by atoms with Crippen LogP contribution >= 0.6 is 0 Å². The molecule has 0 saturated carbocycles. The van der Waals surface area contributed by atoms with E-state index in [0.717, 1.165) is 18.2 Å². The van der Waals surface area contributed by atoms with Crippen LogP contribution in [0.2, 0.25) is 0 Å². The Morgan fingerprint density at radius 1 is 1.25 bits per heavy atom. The molecule has 0 bridgehead atoms. The van der Waals surface area contributed by atoms with Crippen LogP contribution in [0.25, 0.3) is 0 Å². The zero-order valence-electron chi connectivity index (χ0n) is 10.5. The van der Waals surface area contributed by atoms with E-state index >= 15 is 0 Å². The molecule has 1 aromatic rings. The number of nitrogens with zero attached hydrogens (tertiary/aromatic N) is 1. The third kappa shape index (κ3) is 3.02.